The summed E-state index contributed by atoms with van der Waals surface area (Å²) in [5, 5.41) is 22.0. The van der Waals surface area contributed by atoms with Gasteiger partial charge in [-0.1, -0.05) is 24.3 Å². The third-order valence-corrected chi connectivity index (χ3v) is 10.6. The lowest BCUT2D eigenvalue weighted by Crippen LogP contribution is -2.46. The number of aryl methyl sites for hydroxylation is 2. The number of imide groups is 1. The van der Waals surface area contributed by atoms with Crippen molar-refractivity contribution in [3.05, 3.63) is 107 Å². The number of para-hydroxylation sites is 1. The molecule has 2 saturated heterocycles. The van der Waals surface area contributed by atoms with Gasteiger partial charge in [-0.15, -0.1) is 6.58 Å². The van der Waals surface area contributed by atoms with Crippen molar-refractivity contribution in [3.8, 4) is 0 Å². The Morgan fingerprint density at radius 2 is 1.76 bits per heavy atom. The van der Waals surface area contributed by atoms with Gasteiger partial charge in [-0.25, -0.2) is 14.8 Å². The van der Waals surface area contributed by atoms with Crippen LogP contribution in [0.1, 0.15) is 60.8 Å². The van der Waals surface area contributed by atoms with Crippen LogP contribution in [0.2, 0.25) is 0 Å². The molecule has 0 aliphatic carbocycles. The molecule has 302 valence electrons. The fraction of sp³-hybridized carbons (Fsp3) is 0.357. The summed E-state index contributed by atoms with van der Waals surface area (Å²) in [4.78, 5) is 69.0. The average molecular weight is 788 g/mol. The molecular formula is C42H49N11O5. The van der Waals surface area contributed by atoms with Gasteiger partial charge < -0.3 is 26.0 Å². The molecule has 0 bridgehead atoms. The highest BCUT2D eigenvalue weighted by molar-refractivity contribution is 6.00. The number of aliphatic hydroxyl groups is 1. The van der Waals surface area contributed by atoms with Crippen LogP contribution in [0.5, 0.6) is 0 Å². The lowest BCUT2D eigenvalue weighted by molar-refractivity contribution is -0.135. The Bertz CT molecular complexity index is 2390. The summed E-state index contributed by atoms with van der Waals surface area (Å²) < 4.78 is 3.16. The zero-order valence-electron chi connectivity index (χ0n) is 33.0. The number of nitrogens with zero attached hydrogens (tertiary/aromatic N) is 7. The second-order valence-corrected chi connectivity index (χ2v) is 15.1. The average Bonchev–Trinajstić information content (AvgIpc) is 3.46. The predicted octanol–water partition coefficient (Wildman–Crippen LogP) is 3.89. The maximum absolute atomic E-state index is 13.3. The Kier molecular flexibility index (Phi) is 11.7. The number of imidazole rings is 1. The van der Waals surface area contributed by atoms with Gasteiger partial charge in [0.05, 0.1) is 16.7 Å². The van der Waals surface area contributed by atoms with E-state index < -0.39 is 17.6 Å². The predicted molar refractivity (Wildman–Crippen MR) is 223 cm³/mol. The van der Waals surface area contributed by atoms with Gasteiger partial charge in [0.25, 0.3) is 5.91 Å². The maximum atomic E-state index is 13.3. The fourth-order valence-electron chi connectivity index (χ4n) is 7.49. The summed E-state index contributed by atoms with van der Waals surface area (Å²) in [6.45, 7) is 11.7. The van der Waals surface area contributed by atoms with Gasteiger partial charge in [0, 0.05) is 63.8 Å². The van der Waals surface area contributed by atoms with E-state index in [2.05, 4.69) is 64.7 Å². The minimum absolute atomic E-state index is 0.209. The molecule has 16 nitrogen and oxygen atoms in total. The standard InChI is InChI=1S/C42H49N11O5/c1-5-20-43-38(55)30-26-44-40(49-37(30)47-34-13-7-12-33(46-34)42(2,3)58)45-28-14-16-29(17-15-28)52-24-22-51(23-25-52)21-8-10-27-9-6-11-31-36(27)50(4)41(57)53(31)32-18-19-35(54)48-39(32)56/h5-7,9,11-17,26,32,58H,1,8,10,18-25H2,2-4H3,(H,43,55)(H,48,54,56)(H2,44,45,46,47,49). The van der Waals surface area contributed by atoms with Gasteiger partial charge in [0.1, 0.15) is 28.8 Å². The lowest BCUT2D eigenvalue weighted by atomic mass is 10.0. The van der Waals surface area contributed by atoms with E-state index in [1.54, 1.807) is 49.7 Å². The zero-order valence-corrected chi connectivity index (χ0v) is 33.0. The van der Waals surface area contributed by atoms with Gasteiger partial charge in [0.2, 0.25) is 17.8 Å². The van der Waals surface area contributed by atoms with Gasteiger partial charge >= 0.3 is 5.69 Å². The SMILES string of the molecule is C=CCNC(=O)c1cnc(Nc2ccc(N3CCN(CCCc4cccc5c4n(C)c(=O)n5C4CCC(=O)NC4=O)CC3)cc2)nc1Nc1cccc(C(C)(C)O)n1. The van der Waals surface area contributed by atoms with Crippen LogP contribution < -0.4 is 31.9 Å². The molecule has 1 unspecified atom stereocenters. The summed E-state index contributed by atoms with van der Waals surface area (Å²) in [6, 6.07) is 18.4. The van der Waals surface area contributed by atoms with Gasteiger partial charge in [-0.3, -0.25) is 33.7 Å². The third kappa shape index (κ3) is 8.77. The molecule has 0 saturated carbocycles. The molecule has 5 heterocycles. The van der Waals surface area contributed by atoms with Crippen LogP contribution in [0.25, 0.3) is 11.0 Å². The summed E-state index contributed by atoms with van der Waals surface area (Å²) in [5.74, 6) is -0.161. The number of rotatable bonds is 14. The van der Waals surface area contributed by atoms with Crippen LogP contribution in [-0.4, -0.2) is 91.1 Å². The number of anilines is 5. The normalized spacial score (nSPS) is 16.3. The smallest absolute Gasteiger partial charge is 0.329 e. The molecule has 2 aromatic carbocycles. The number of piperazine rings is 1. The number of hydrogen-bond donors (Lipinski definition) is 5. The number of pyridine rings is 1. The Hall–Kier alpha value is -6.39. The number of hydrogen-bond acceptors (Lipinski definition) is 12. The molecule has 58 heavy (non-hydrogen) atoms. The highest BCUT2D eigenvalue weighted by atomic mass is 16.3. The molecule has 5 N–H and O–H groups in total. The molecular weight excluding hydrogens is 739 g/mol. The molecule has 2 aliphatic heterocycles. The van der Waals surface area contributed by atoms with Crippen LogP contribution in [0.3, 0.4) is 0 Å². The fourth-order valence-corrected chi connectivity index (χ4v) is 7.49. The Morgan fingerprint density at radius 1 is 1.00 bits per heavy atom. The third-order valence-electron chi connectivity index (χ3n) is 10.6. The second-order valence-electron chi connectivity index (χ2n) is 15.1. The second kappa shape index (κ2) is 17.0. The zero-order chi connectivity index (χ0) is 41.0. The molecule has 5 aromatic rings. The van der Waals surface area contributed by atoms with Crippen molar-refractivity contribution in [1.29, 1.82) is 0 Å². The van der Waals surface area contributed by atoms with E-state index >= 15 is 0 Å². The Morgan fingerprint density at radius 3 is 2.48 bits per heavy atom. The number of amides is 3. The van der Waals surface area contributed by atoms with E-state index in [1.165, 1.54) is 10.8 Å². The number of fused-ring (bicyclic) bond motifs is 1. The van der Waals surface area contributed by atoms with Crippen LogP contribution in [-0.2, 0) is 28.7 Å². The first-order valence-electron chi connectivity index (χ1n) is 19.5. The van der Waals surface area contributed by atoms with Crippen LogP contribution in [0.4, 0.5) is 29.0 Å². The van der Waals surface area contributed by atoms with E-state index in [9.17, 15) is 24.3 Å². The summed E-state index contributed by atoms with van der Waals surface area (Å²) in [6.07, 6.45) is 5.26. The van der Waals surface area contributed by atoms with Crippen molar-refractivity contribution in [1.82, 2.24) is 39.6 Å². The molecule has 16 heteroatoms. The number of nitrogens with one attached hydrogen (secondary N) is 4. The van der Waals surface area contributed by atoms with Crippen molar-refractivity contribution < 1.29 is 19.5 Å². The molecule has 7 rings (SSSR count). The van der Waals surface area contributed by atoms with Crippen molar-refractivity contribution in [2.45, 2.75) is 51.2 Å². The van der Waals surface area contributed by atoms with E-state index in [-0.39, 0.29) is 47.8 Å². The number of benzene rings is 2. The van der Waals surface area contributed by atoms with Gasteiger partial charge in [0.15, 0.2) is 0 Å². The van der Waals surface area contributed by atoms with Crippen molar-refractivity contribution in [2.75, 3.05) is 54.8 Å². The minimum Gasteiger partial charge on any atom is -0.384 e. The number of carbonyl (C=O) groups is 3. The number of aromatic nitrogens is 5. The lowest BCUT2D eigenvalue weighted by Gasteiger charge is -2.36. The first kappa shape index (κ1) is 39.8. The van der Waals surface area contributed by atoms with Gasteiger partial charge in [-0.2, -0.15) is 4.98 Å². The molecule has 0 spiro atoms. The molecule has 3 aromatic heterocycles. The highest BCUT2D eigenvalue weighted by Crippen LogP contribution is 2.28. The first-order chi connectivity index (χ1) is 27.9. The van der Waals surface area contributed by atoms with E-state index in [1.807, 2.05) is 30.3 Å². The summed E-state index contributed by atoms with van der Waals surface area (Å²) >= 11 is 0. The first-order valence-corrected chi connectivity index (χ1v) is 19.5. The summed E-state index contributed by atoms with van der Waals surface area (Å²) in [5.41, 5.74) is 3.77. The van der Waals surface area contributed by atoms with Gasteiger partial charge in [-0.05, 0) is 87.7 Å². The molecule has 2 fully saturated rings. The van der Waals surface area contributed by atoms with Crippen molar-refractivity contribution in [3.63, 3.8) is 0 Å². The van der Waals surface area contributed by atoms with Crippen LogP contribution >= 0.6 is 0 Å². The number of carbonyl (C=O) groups excluding carboxylic acids is 3. The molecule has 2 aliphatic rings. The largest absolute Gasteiger partial charge is 0.384 e. The molecule has 3 amide bonds. The highest BCUT2D eigenvalue weighted by Gasteiger charge is 2.31. The Balaban J connectivity index is 0.948. The van der Waals surface area contributed by atoms with Crippen molar-refractivity contribution in [2.24, 2.45) is 7.05 Å². The topological polar surface area (TPSA) is 192 Å². The molecule has 0 radical (unpaired) electrons. The molecule has 1 atom stereocenters. The summed E-state index contributed by atoms with van der Waals surface area (Å²) in [7, 11) is 1.74. The van der Waals surface area contributed by atoms with E-state index in [0.717, 1.165) is 68.0 Å². The minimum atomic E-state index is -1.15. The van der Waals surface area contributed by atoms with Crippen LogP contribution in [0.15, 0.2) is 84.3 Å². The van der Waals surface area contributed by atoms with Crippen molar-refractivity contribution >= 4 is 57.7 Å². The quantitative estimate of drug-likeness (QED) is 0.0808. The maximum Gasteiger partial charge on any atom is 0.329 e. The number of piperidine rings is 1. The monoisotopic (exact) mass is 787 g/mol. The van der Waals surface area contributed by atoms with Crippen LogP contribution in [0, 0.1) is 0 Å². The van der Waals surface area contributed by atoms with E-state index in [4.69, 9.17) is 0 Å². The Labute approximate surface area is 336 Å². The van der Waals surface area contributed by atoms with E-state index in [0.29, 0.717) is 23.4 Å².